The first-order chi connectivity index (χ1) is 17.3. The van der Waals surface area contributed by atoms with Crippen LogP contribution in [-0.4, -0.2) is 71.4 Å². The summed E-state index contributed by atoms with van der Waals surface area (Å²) in [4.78, 5) is 18.2. The number of carbonyl (C=O) groups excluding carboxylic acids is 1. The largest absolute Gasteiger partial charge is 0.416 e. The topological polar surface area (TPSA) is 50.6 Å². The second-order valence-electron chi connectivity index (χ2n) is 10.4. The van der Waals surface area contributed by atoms with Gasteiger partial charge in [-0.1, -0.05) is 6.07 Å². The number of likely N-dealkylation sites (tertiary alicyclic amines) is 1. The van der Waals surface area contributed by atoms with Gasteiger partial charge in [-0.05, 0) is 70.7 Å². The number of hydrogen-bond acceptors (Lipinski definition) is 4. The molecule has 0 spiro atoms. The minimum absolute atomic E-state index is 0.00700. The Kier molecular flexibility index (Phi) is 7.14. The Morgan fingerprint density at radius 3 is 2.42 bits per heavy atom. The highest BCUT2D eigenvalue weighted by Crippen LogP contribution is 2.48. The van der Waals surface area contributed by atoms with Crippen LogP contribution in [0.3, 0.4) is 0 Å². The zero-order valence-electron chi connectivity index (χ0n) is 21.1. The Labute approximate surface area is 210 Å². The van der Waals surface area contributed by atoms with Crippen molar-refractivity contribution in [2.75, 3.05) is 39.9 Å². The fourth-order valence-corrected chi connectivity index (χ4v) is 5.26. The number of hydrogen-bond donors (Lipinski definition) is 0. The van der Waals surface area contributed by atoms with Crippen molar-refractivity contribution in [1.29, 1.82) is 0 Å². The minimum Gasteiger partial charge on any atom is -0.380 e. The third kappa shape index (κ3) is 5.32. The van der Waals surface area contributed by atoms with Crippen molar-refractivity contribution in [2.45, 2.75) is 69.5 Å². The number of halogens is 3. The van der Waals surface area contributed by atoms with Crippen molar-refractivity contribution < 1.29 is 22.7 Å². The molecule has 1 amide bonds. The normalized spacial score (nSPS) is 19.3. The molecule has 0 N–H and O–H groups in total. The Morgan fingerprint density at radius 2 is 1.81 bits per heavy atom. The average Bonchev–Trinajstić information content (AvgIpc) is 3.81. The number of likely N-dealkylation sites (N-methyl/N-ethyl adjacent to an activating group) is 1. The molecular weight excluding hydrogens is 469 g/mol. The van der Waals surface area contributed by atoms with E-state index in [9.17, 15) is 18.0 Å². The molecule has 2 heterocycles. The number of amides is 1. The van der Waals surface area contributed by atoms with Gasteiger partial charge in [-0.3, -0.25) is 4.79 Å². The molecule has 1 aliphatic heterocycles. The summed E-state index contributed by atoms with van der Waals surface area (Å²) in [6, 6.07) is 5.71. The van der Waals surface area contributed by atoms with Crippen LogP contribution in [0.25, 0.3) is 5.69 Å². The maximum absolute atomic E-state index is 13.9. The molecule has 5 rings (SSSR count). The van der Waals surface area contributed by atoms with E-state index >= 15 is 0 Å². The van der Waals surface area contributed by atoms with Crippen molar-refractivity contribution in [1.82, 2.24) is 19.6 Å². The summed E-state index contributed by atoms with van der Waals surface area (Å²) < 4.78 is 47.4. The van der Waals surface area contributed by atoms with Gasteiger partial charge >= 0.3 is 6.18 Å². The van der Waals surface area contributed by atoms with Crippen molar-refractivity contribution in [3.05, 3.63) is 46.8 Å². The van der Waals surface area contributed by atoms with Gasteiger partial charge in [0.2, 0.25) is 0 Å². The van der Waals surface area contributed by atoms with Crippen molar-refractivity contribution in [3.8, 4) is 5.69 Å². The summed E-state index contributed by atoms with van der Waals surface area (Å²) in [5.41, 5.74) is 1.91. The van der Waals surface area contributed by atoms with E-state index in [-0.39, 0.29) is 17.7 Å². The molecule has 196 valence electrons. The number of carbonyl (C=O) groups is 1. The van der Waals surface area contributed by atoms with Crippen molar-refractivity contribution in [2.24, 2.45) is 0 Å². The summed E-state index contributed by atoms with van der Waals surface area (Å²) in [5.74, 6) is 0.379. The zero-order chi connectivity index (χ0) is 25.4. The van der Waals surface area contributed by atoms with Gasteiger partial charge < -0.3 is 14.5 Å². The van der Waals surface area contributed by atoms with Crippen LogP contribution in [0.15, 0.2) is 24.3 Å². The smallest absolute Gasteiger partial charge is 0.380 e. The molecular formula is C27H35F3N4O2. The van der Waals surface area contributed by atoms with E-state index in [0.29, 0.717) is 43.6 Å². The predicted octanol–water partition coefficient (Wildman–Crippen LogP) is 5.22. The molecule has 0 bridgehead atoms. The van der Waals surface area contributed by atoms with Gasteiger partial charge in [-0.2, -0.15) is 18.3 Å². The second-order valence-corrected chi connectivity index (χ2v) is 10.4. The van der Waals surface area contributed by atoms with E-state index < -0.39 is 11.7 Å². The molecule has 9 heteroatoms. The summed E-state index contributed by atoms with van der Waals surface area (Å²) in [6.07, 6.45) is 1.17. The molecule has 3 aliphatic rings. The molecule has 3 fully saturated rings. The van der Waals surface area contributed by atoms with Crippen molar-refractivity contribution in [3.63, 3.8) is 0 Å². The maximum atomic E-state index is 13.9. The maximum Gasteiger partial charge on any atom is 0.416 e. The van der Waals surface area contributed by atoms with Gasteiger partial charge in [0, 0.05) is 44.1 Å². The van der Waals surface area contributed by atoms with Gasteiger partial charge in [-0.15, -0.1) is 0 Å². The van der Waals surface area contributed by atoms with Crippen LogP contribution in [0.1, 0.15) is 84.6 Å². The summed E-state index contributed by atoms with van der Waals surface area (Å²) in [6.45, 7) is 5.62. The molecule has 0 radical (unpaired) electrons. The van der Waals surface area contributed by atoms with Crippen LogP contribution in [-0.2, 0) is 10.9 Å². The van der Waals surface area contributed by atoms with E-state index in [1.807, 2.05) is 11.8 Å². The zero-order valence-corrected chi connectivity index (χ0v) is 21.1. The van der Waals surface area contributed by atoms with Crippen LogP contribution in [0.2, 0.25) is 0 Å². The minimum atomic E-state index is -4.43. The lowest BCUT2D eigenvalue weighted by molar-refractivity contribution is -0.137. The first-order valence-corrected chi connectivity index (χ1v) is 13.2. The third-order valence-corrected chi connectivity index (χ3v) is 7.68. The summed E-state index contributed by atoms with van der Waals surface area (Å²) in [5, 5.41) is 4.81. The molecule has 36 heavy (non-hydrogen) atoms. The lowest BCUT2D eigenvalue weighted by Gasteiger charge is -2.37. The average molecular weight is 505 g/mol. The molecule has 1 aromatic heterocycles. The van der Waals surface area contributed by atoms with E-state index in [1.54, 1.807) is 10.7 Å². The summed E-state index contributed by atoms with van der Waals surface area (Å²) >= 11 is 0. The van der Waals surface area contributed by atoms with E-state index in [2.05, 4.69) is 11.9 Å². The third-order valence-electron chi connectivity index (χ3n) is 7.68. The quantitative estimate of drug-likeness (QED) is 0.440. The van der Waals surface area contributed by atoms with Crippen LogP contribution >= 0.6 is 0 Å². The molecule has 2 aromatic rings. The first-order valence-electron chi connectivity index (χ1n) is 13.2. The van der Waals surface area contributed by atoms with Gasteiger partial charge in [-0.25, -0.2) is 4.68 Å². The highest BCUT2D eigenvalue weighted by atomic mass is 19.4. The fraction of sp³-hybridized carbons (Fsp3) is 0.630. The number of ether oxygens (including phenoxy) is 1. The molecule has 2 saturated carbocycles. The molecule has 2 aliphatic carbocycles. The highest BCUT2D eigenvalue weighted by molar-refractivity contribution is 5.97. The Hall–Kier alpha value is -2.39. The Balaban J connectivity index is 1.40. The molecule has 1 saturated heterocycles. The molecule has 1 aromatic carbocycles. The van der Waals surface area contributed by atoms with E-state index in [0.717, 1.165) is 68.6 Å². The van der Waals surface area contributed by atoms with Crippen LogP contribution < -0.4 is 0 Å². The number of aromatic nitrogens is 2. The first kappa shape index (κ1) is 25.3. The molecule has 6 nitrogen and oxygen atoms in total. The predicted molar refractivity (Wildman–Crippen MR) is 131 cm³/mol. The number of benzene rings is 1. The van der Waals surface area contributed by atoms with E-state index in [4.69, 9.17) is 9.84 Å². The van der Waals surface area contributed by atoms with Gasteiger partial charge in [0.05, 0.1) is 34.8 Å². The molecule has 0 unspecified atom stereocenters. The van der Waals surface area contributed by atoms with E-state index in [1.165, 1.54) is 6.07 Å². The molecule has 0 atom stereocenters. The second kappa shape index (κ2) is 10.2. The Bertz CT molecular complexity index is 1080. The SMILES string of the molecule is CCOCCN(C)C1CCN(C(=O)c2c(C3CC3)nn(-c3cccc(C(F)(F)F)c3)c2C2CC2)CC1. The number of nitrogens with zero attached hydrogens (tertiary/aromatic N) is 4. The van der Waals surface area contributed by atoms with Crippen LogP contribution in [0.4, 0.5) is 13.2 Å². The Morgan fingerprint density at radius 1 is 1.11 bits per heavy atom. The van der Waals surface area contributed by atoms with Crippen LogP contribution in [0, 0.1) is 0 Å². The number of piperidine rings is 1. The van der Waals surface area contributed by atoms with Gasteiger partial charge in [0.25, 0.3) is 5.91 Å². The summed E-state index contributed by atoms with van der Waals surface area (Å²) in [7, 11) is 2.11. The van der Waals surface area contributed by atoms with Gasteiger partial charge in [0.1, 0.15) is 0 Å². The highest BCUT2D eigenvalue weighted by Gasteiger charge is 2.42. The number of rotatable bonds is 9. The lowest BCUT2D eigenvalue weighted by atomic mass is 10.00. The van der Waals surface area contributed by atoms with Gasteiger partial charge in [0.15, 0.2) is 0 Å². The van der Waals surface area contributed by atoms with Crippen LogP contribution in [0.5, 0.6) is 0 Å². The standard InChI is InChI=1S/C27H35F3N4O2/c1-3-36-16-15-32(2)21-11-13-33(14-12-21)26(35)23-24(18-7-8-18)31-34(25(23)19-9-10-19)22-6-4-5-20(17-22)27(28,29)30/h4-6,17-19,21H,3,7-16H2,1-2H3. The van der Waals surface area contributed by atoms with Crippen molar-refractivity contribution >= 4 is 5.91 Å². The fourth-order valence-electron chi connectivity index (χ4n) is 5.26. The monoisotopic (exact) mass is 504 g/mol. The number of alkyl halides is 3. The lowest BCUT2D eigenvalue weighted by Crippen LogP contribution is -2.46.